The normalized spacial score (nSPS) is 10.9. The van der Waals surface area contributed by atoms with E-state index in [4.69, 9.17) is 9.15 Å². The standard InChI is InChI=1S/C24H25FO3/c1-3-5-6-17-7-9-18(10-8-17)11-13-20-16-19-12-14-21(27-15-4-2)23(25)22(19)24(26)28-20/h3,7-10,12,14,16H,1,4-6,11,13,15H2,2H3. The van der Waals surface area contributed by atoms with Crippen molar-refractivity contribution in [2.24, 2.45) is 0 Å². The molecule has 0 radical (unpaired) electrons. The van der Waals surface area contributed by atoms with Gasteiger partial charge in [-0.25, -0.2) is 9.18 Å². The molecular formula is C24H25FO3. The summed E-state index contributed by atoms with van der Waals surface area (Å²) in [5, 5.41) is 0.483. The minimum atomic E-state index is -0.660. The molecule has 0 unspecified atom stereocenters. The number of rotatable bonds is 9. The zero-order valence-electron chi connectivity index (χ0n) is 16.2. The second-order valence-electron chi connectivity index (χ2n) is 6.83. The lowest BCUT2D eigenvalue weighted by molar-refractivity contribution is 0.302. The second-order valence-corrected chi connectivity index (χ2v) is 6.83. The Kier molecular flexibility index (Phi) is 6.64. The van der Waals surface area contributed by atoms with E-state index in [2.05, 4.69) is 30.8 Å². The van der Waals surface area contributed by atoms with Crippen LogP contribution in [-0.4, -0.2) is 6.61 Å². The fourth-order valence-corrected chi connectivity index (χ4v) is 3.13. The van der Waals surface area contributed by atoms with Crippen molar-refractivity contribution in [2.45, 2.75) is 39.0 Å². The summed E-state index contributed by atoms with van der Waals surface area (Å²) in [6.07, 6.45) is 5.95. The van der Waals surface area contributed by atoms with Crippen LogP contribution in [0.3, 0.4) is 0 Å². The van der Waals surface area contributed by atoms with Crippen LogP contribution in [0.15, 0.2) is 64.3 Å². The molecule has 0 atom stereocenters. The van der Waals surface area contributed by atoms with Crippen molar-refractivity contribution >= 4 is 10.8 Å². The largest absolute Gasteiger partial charge is 0.491 e. The fourth-order valence-electron chi connectivity index (χ4n) is 3.13. The first-order valence-corrected chi connectivity index (χ1v) is 9.69. The van der Waals surface area contributed by atoms with Crippen molar-refractivity contribution in [3.05, 3.63) is 88.2 Å². The second kappa shape index (κ2) is 9.36. The Morgan fingerprint density at radius 1 is 1.07 bits per heavy atom. The van der Waals surface area contributed by atoms with Crippen LogP contribution in [0.4, 0.5) is 4.39 Å². The van der Waals surface area contributed by atoms with Gasteiger partial charge in [-0.1, -0.05) is 43.3 Å². The molecule has 0 amide bonds. The molecule has 28 heavy (non-hydrogen) atoms. The number of benzene rings is 2. The van der Waals surface area contributed by atoms with E-state index in [1.807, 2.05) is 13.0 Å². The van der Waals surface area contributed by atoms with Crippen LogP contribution in [0, 0.1) is 5.82 Å². The molecule has 0 saturated heterocycles. The lowest BCUT2D eigenvalue weighted by Gasteiger charge is -2.08. The number of allylic oxidation sites excluding steroid dienone is 1. The van der Waals surface area contributed by atoms with E-state index >= 15 is 0 Å². The molecule has 0 spiro atoms. The predicted octanol–water partition coefficient (Wildman–Crippen LogP) is 5.62. The van der Waals surface area contributed by atoms with E-state index in [0.717, 1.165) is 25.7 Å². The van der Waals surface area contributed by atoms with Crippen LogP contribution in [0.25, 0.3) is 10.8 Å². The van der Waals surface area contributed by atoms with Gasteiger partial charge in [0, 0.05) is 6.42 Å². The molecular weight excluding hydrogens is 355 g/mol. The maximum atomic E-state index is 14.6. The number of hydrogen-bond acceptors (Lipinski definition) is 3. The summed E-state index contributed by atoms with van der Waals surface area (Å²) >= 11 is 0. The molecule has 0 aliphatic heterocycles. The Balaban J connectivity index is 1.75. The monoisotopic (exact) mass is 380 g/mol. The first-order chi connectivity index (χ1) is 13.6. The lowest BCUT2D eigenvalue weighted by atomic mass is 10.0. The molecule has 146 valence electrons. The summed E-state index contributed by atoms with van der Waals surface area (Å²) in [6.45, 7) is 6.08. The summed E-state index contributed by atoms with van der Waals surface area (Å²) in [5.74, 6) is -0.0119. The molecule has 1 aromatic heterocycles. The third-order valence-electron chi connectivity index (χ3n) is 4.67. The molecule has 1 heterocycles. The highest BCUT2D eigenvalue weighted by molar-refractivity contribution is 5.83. The van der Waals surface area contributed by atoms with Gasteiger partial charge in [0.25, 0.3) is 0 Å². The van der Waals surface area contributed by atoms with Crippen LogP contribution in [-0.2, 0) is 19.3 Å². The number of hydrogen-bond donors (Lipinski definition) is 0. The molecule has 3 aromatic rings. The third-order valence-corrected chi connectivity index (χ3v) is 4.67. The number of halogens is 1. The lowest BCUT2D eigenvalue weighted by Crippen LogP contribution is -2.07. The van der Waals surface area contributed by atoms with Gasteiger partial charge in [0.15, 0.2) is 11.6 Å². The Hall–Kier alpha value is -2.88. The quantitative estimate of drug-likeness (QED) is 0.452. The van der Waals surface area contributed by atoms with Crippen LogP contribution in [0.2, 0.25) is 0 Å². The summed E-state index contributed by atoms with van der Waals surface area (Å²) in [6, 6.07) is 13.4. The smallest absolute Gasteiger partial charge is 0.346 e. The average Bonchev–Trinajstić information content (AvgIpc) is 2.70. The van der Waals surface area contributed by atoms with Gasteiger partial charge in [-0.05, 0) is 54.3 Å². The predicted molar refractivity (Wildman–Crippen MR) is 111 cm³/mol. The van der Waals surface area contributed by atoms with Crippen LogP contribution in [0.5, 0.6) is 5.75 Å². The van der Waals surface area contributed by atoms with E-state index < -0.39 is 11.4 Å². The van der Waals surface area contributed by atoms with E-state index in [9.17, 15) is 9.18 Å². The highest BCUT2D eigenvalue weighted by Crippen LogP contribution is 2.25. The third kappa shape index (κ3) is 4.69. The number of ether oxygens (including phenoxy) is 1. The molecule has 0 saturated carbocycles. The summed E-state index contributed by atoms with van der Waals surface area (Å²) < 4.78 is 25.3. The molecule has 0 aliphatic carbocycles. The van der Waals surface area contributed by atoms with E-state index in [0.29, 0.717) is 24.2 Å². The van der Waals surface area contributed by atoms with Gasteiger partial charge in [-0.3, -0.25) is 0 Å². The van der Waals surface area contributed by atoms with Crippen LogP contribution in [0.1, 0.15) is 36.7 Å². The highest BCUT2D eigenvalue weighted by Gasteiger charge is 2.14. The molecule has 0 aliphatic rings. The van der Waals surface area contributed by atoms with E-state index in [1.54, 1.807) is 18.2 Å². The van der Waals surface area contributed by atoms with Crippen molar-refractivity contribution < 1.29 is 13.5 Å². The van der Waals surface area contributed by atoms with Gasteiger partial charge >= 0.3 is 5.63 Å². The summed E-state index contributed by atoms with van der Waals surface area (Å²) in [7, 11) is 0. The Morgan fingerprint density at radius 2 is 1.79 bits per heavy atom. The average molecular weight is 380 g/mol. The molecule has 3 nitrogen and oxygen atoms in total. The molecule has 4 heteroatoms. The van der Waals surface area contributed by atoms with Crippen LogP contribution >= 0.6 is 0 Å². The van der Waals surface area contributed by atoms with Gasteiger partial charge in [0.2, 0.25) is 0 Å². The highest BCUT2D eigenvalue weighted by atomic mass is 19.1. The minimum absolute atomic E-state index is 0.0519. The maximum absolute atomic E-state index is 14.6. The maximum Gasteiger partial charge on any atom is 0.346 e. The topological polar surface area (TPSA) is 39.4 Å². The fraction of sp³-hybridized carbons (Fsp3) is 0.292. The van der Waals surface area contributed by atoms with E-state index in [1.165, 1.54) is 11.1 Å². The van der Waals surface area contributed by atoms with Gasteiger partial charge in [-0.2, -0.15) is 0 Å². The van der Waals surface area contributed by atoms with Gasteiger partial charge in [-0.15, -0.1) is 6.58 Å². The van der Waals surface area contributed by atoms with Crippen LogP contribution < -0.4 is 10.4 Å². The molecule has 2 aromatic carbocycles. The first kappa shape index (κ1) is 19.9. The van der Waals surface area contributed by atoms with E-state index in [-0.39, 0.29) is 11.1 Å². The molecule has 0 N–H and O–H groups in total. The SMILES string of the molecule is C=CCCc1ccc(CCc2cc3ccc(OCCC)c(F)c3c(=O)o2)cc1. The zero-order chi connectivity index (χ0) is 19.9. The Labute approximate surface area is 164 Å². The summed E-state index contributed by atoms with van der Waals surface area (Å²) in [5.41, 5.74) is 1.78. The van der Waals surface area contributed by atoms with Gasteiger partial charge in [0.1, 0.15) is 11.1 Å². The van der Waals surface area contributed by atoms with Crippen molar-refractivity contribution in [3.63, 3.8) is 0 Å². The first-order valence-electron chi connectivity index (χ1n) is 9.69. The van der Waals surface area contributed by atoms with Crippen molar-refractivity contribution in [2.75, 3.05) is 6.61 Å². The summed E-state index contributed by atoms with van der Waals surface area (Å²) in [4.78, 5) is 12.3. The molecule has 3 rings (SSSR count). The Morgan fingerprint density at radius 3 is 2.46 bits per heavy atom. The van der Waals surface area contributed by atoms with Crippen molar-refractivity contribution in [3.8, 4) is 5.75 Å². The van der Waals surface area contributed by atoms with Crippen molar-refractivity contribution in [1.29, 1.82) is 0 Å². The number of fused-ring (bicyclic) bond motifs is 1. The van der Waals surface area contributed by atoms with Crippen molar-refractivity contribution in [1.82, 2.24) is 0 Å². The zero-order valence-corrected chi connectivity index (χ0v) is 16.2. The minimum Gasteiger partial charge on any atom is -0.491 e. The van der Waals surface area contributed by atoms with Gasteiger partial charge < -0.3 is 9.15 Å². The molecule has 0 bridgehead atoms. The Bertz CT molecular complexity index is 1000. The number of aryl methyl sites for hydroxylation is 3. The van der Waals surface area contributed by atoms with Gasteiger partial charge in [0.05, 0.1) is 6.61 Å². The molecule has 0 fully saturated rings.